The Morgan fingerprint density at radius 1 is 1.50 bits per heavy atom. The molecule has 1 aliphatic rings. The van der Waals surface area contributed by atoms with Gasteiger partial charge in [0.25, 0.3) is 0 Å². The molecule has 1 unspecified atom stereocenters. The average molecular weight is 291 g/mol. The van der Waals surface area contributed by atoms with Crippen LogP contribution < -0.4 is 0 Å². The maximum Gasteiger partial charge on any atom is 0.371 e. The molecule has 2 heterocycles. The molecule has 0 spiro atoms. The number of thiophene rings is 1. The third kappa shape index (κ3) is 2.78. The Bertz CT molecular complexity index is 586. The highest BCUT2D eigenvalue weighted by molar-refractivity contribution is 7.09. The lowest BCUT2D eigenvalue weighted by Crippen LogP contribution is -2.28. The molecule has 0 bridgehead atoms. The van der Waals surface area contributed by atoms with Gasteiger partial charge in [0.1, 0.15) is 5.76 Å². The topological polar surface area (TPSA) is 53.7 Å². The summed E-state index contributed by atoms with van der Waals surface area (Å²) in [6, 6.07) is 8.19. The lowest BCUT2D eigenvalue weighted by atomic mass is 10.2. The van der Waals surface area contributed by atoms with Crippen LogP contribution in [0.25, 0.3) is 0 Å². The smallest absolute Gasteiger partial charge is 0.371 e. The van der Waals surface area contributed by atoms with Gasteiger partial charge in [-0.3, -0.25) is 4.90 Å². The molecule has 0 saturated heterocycles. The molecule has 3 rings (SSSR count). The van der Waals surface area contributed by atoms with Crippen LogP contribution in [0.15, 0.2) is 34.1 Å². The predicted octanol–water partition coefficient (Wildman–Crippen LogP) is 3.76. The van der Waals surface area contributed by atoms with Crippen molar-refractivity contribution < 1.29 is 14.3 Å². The highest BCUT2D eigenvalue weighted by Gasteiger charge is 2.34. The van der Waals surface area contributed by atoms with E-state index in [-0.39, 0.29) is 11.8 Å². The minimum absolute atomic E-state index is 0.0127. The van der Waals surface area contributed by atoms with Gasteiger partial charge in [0, 0.05) is 17.5 Å². The number of carboxylic acids is 1. The first-order chi connectivity index (χ1) is 9.65. The zero-order chi connectivity index (χ0) is 14.1. The first-order valence-corrected chi connectivity index (χ1v) is 7.64. The number of nitrogens with zero attached hydrogens (tertiary/aromatic N) is 1. The number of hydrogen-bond acceptors (Lipinski definition) is 4. The molecule has 0 amide bonds. The molecule has 0 radical (unpaired) electrons. The molecule has 4 nitrogen and oxygen atoms in total. The monoisotopic (exact) mass is 291 g/mol. The first kappa shape index (κ1) is 13.4. The van der Waals surface area contributed by atoms with Gasteiger partial charge < -0.3 is 9.52 Å². The van der Waals surface area contributed by atoms with Gasteiger partial charge in [-0.25, -0.2) is 4.79 Å². The Labute approximate surface area is 121 Å². The molecular weight excluding hydrogens is 274 g/mol. The van der Waals surface area contributed by atoms with Crippen molar-refractivity contribution in [1.82, 2.24) is 4.90 Å². The third-order valence-corrected chi connectivity index (χ3v) is 4.54. The van der Waals surface area contributed by atoms with Crippen LogP contribution in [0.3, 0.4) is 0 Å². The van der Waals surface area contributed by atoms with Gasteiger partial charge in [-0.05, 0) is 43.3 Å². The van der Waals surface area contributed by atoms with E-state index in [4.69, 9.17) is 9.52 Å². The lowest BCUT2D eigenvalue weighted by Gasteiger charge is -2.27. The fourth-order valence-electron chi connectivity index (χ4n) is 2.43. The van der Waals surface area contributed by atoms with Gasteiger partial charge in [0.05, 0.1) is 6.04 Å². The van der Waals surface area contributed by atoms with E-state index < -0.39 is 5.97 Å². The van der Waals surface area contributed by atoms with Crippen molar-refractivity contribution in [3.63, 3.8) is 0 Å². The number of rotatable bonds is 6. The van der Waals surface area contributed by atoms with E-state index in [1.54, 1.807) is 17.4 Å². The Hall–Kier alpha value is -1.59. The van der Waals surface area contributed by atoms with E-state index in [1.807, 2.05) is 0 Å². The first-order valence-electron chi connectivity index (χ1n) is 6.76. The van der Waals surface area contributed by atoms with E-state index in [1.165, 1.54) is 23.8 Å². The summed E-state index contributed by atoms with van der Waals surface area (Å²) >= 11 is 1.75. The minimum atomic E-state index is -1.01. The van der Waals surface area contributed by atoms with Crippen LogP contribution in [0.1, 0.15) is 47.0 Å². The summed E-state index contributed by atoms with van der Waals surface area (Å²) in [5.41, 5.74) is 0. The summed E-state index contributed by atoms with van der Waals surface area (Å²) in [4.78, 5) is 14.6. The van der Waals surface area contributed by atoms with Crippen molar-refractivity contribution in [3.05, 3.63) is 46.0 Å². The highest BCUT2D eigenvalue weighted by atomic mass is 32.1. The summed E-state index contributed by atoms with van der Waals surface area (Å²) in [7, 11) is 0. The van der Waals surface area contributed by atoms with Crippen molar-refractivity contribution in [1.29, 1.82) is 0 Å². The normalized spacial score (nSPS) is 16.5. The molecule has 2 aromatic heterocycles. The SMILES string of the molecule is CC(c1ccc(C(=O)O)o1)N(Cc1cccs1)C1CC1. The third-order valence-electron chi connectivity index (χ3n) is 3.68. The van der Waals surface area contributed by atoms with Gasteiger partial charge in [0.2, 0.25) is 5.76 Å². The van der Waals surface area contributed by atoms with Crippen LogP contribution in [0, 0.1) is 0 Å². The molecule has 20 heavy (non-hydrogen) atoms. The molecule has 1 atom stereocenters. The molecule has 1 saturated carbocycles. The number of carboxylic acid groups (broad SMARTS) is 1. The van der Waals surface area contributed by atoms with Crippen molar-refractivity contribution in [3.8, 4) is 0 Å². The average Bonchev–Trinajstić information content (AvgIpc) is 2.95. The van der Waals surface area contributed by atoms with Crippen LogP contribution in [0.4, 0.5) is 0 Å². The standard InChI is InChI=1S/C15H17NO3S/c1-10(13-6-7-14(19-13)15(17)18)16(11-4-5-11)9-12-3-2-8-20-12/h2-3,6-8,10-11H,4-5,9H2,1H3,(H,17,18). The number of furan rings is 1. The van der Waals surface area contributed by atoms with E-state index in [0.717, 1.165) is 12.3 Å². The zero-order valence-electron chi connectivity index (χ0n) is 11.3. The van der Waals surface area contributed by atoms with E-state index in [0.29, 0.717) is 6.04 Å². The Balaban J connectivity index is 1.77. The lowest BCUT2D eigenvalue weighted by molar-refractivity contribution is 0.0655. The summed E-state index contributed by atoms with van der Waals surface area (Å²) in [6.07, 6.45) is 2.42. The molecule has 5 heteroatoms. The number of hydrogen-bond donors (Lipinski definition) is 1. The van der Waals surface area contributed by atoms with Crippen molar-refractivity contribution >= 4 is 17.3 Å². The molecule has 1 fully saturated rings. The largest absolute Gasteiger partial charge is 0.475 e. The van der Waals surface area contributed by atoms with Gasteiger partial charge in [-0.1, -0.05) is 6.07 Å². The Kier molecular flexibility index (Phi) is 3.63. The zero-order valence-corrected chi connectivity index (χ0v) is 12.1. The van der Waals surface area contributed by atoms with Crippen molar-refractivity contribution in [2.45, 2.75) is 38.4 Å². The molecule has 0 aliphatic heterocycles. The van der Waals surface area contributed by atoms with E-state index in [9.17, 15) is 4.79 Å². The van der Waals surface area contributed by atoms with E-state index in [2.05, 4.69) is 29.3 Å². The summed E-state index contributed by atoms with van der Waals surface area (Å²) in [5, 5.41) is 11.0. The maximum atomic E-state index is 10.9. The Morgan fingerprint density at radius 2 is 2.30 bits per heavy atom. The second-order valence-electron chi connectivity index (χ2n) is 5.17. The summed E-state index contributed by atoms with van der Waals surface area (Å²) in [6.45, 7) is 2.98. The molecule has 0 aromatic carbocycles. The van der Waals surface area contributed by atoms with Gasteiger partial charge in [-0.15, -0.1) is 11.3 Å². The summed E-state index contributed by atoms with van der Waals surface area (Å²) in [5.74, 6) is -0.274. The quantitative estimate of drug-likeness (QED) is 0.880. The summed E-state index contributed by atoms with van der Waals surface area (Å²) < 4.78 is 5.45. The minimum Gasteiger partial charge on any atom is -0.475 e. The van der Waals surface area contributed by atoms with Crippen LogP contribution in [0.5, 0.6) is 0 Å². The fraction of sp³-hybridized carbons (Fsp3) is 0.400. The van der Waals surface area contributed by atoms with Crippen LogP contribution >= 0.6 is 11.3 Å². The van der Waals surface area contributed by atoms with E-state index >= 15 is 0 Å². The molecule has 2 aromatic rings. The van der Waals surface area contributed by atoms with Crippen molar-refractivity contribution in [2.75, 3.05) is 0 Å². The van der Waals surface area contributed by atoms with Crippen LogP contribution in [0.2, 0.25) is 0 Å². The van der Waals surface area contributed by atoms with Gasteiger partial charge in [-0.2, -0.15) is 0 Å². The number of carbonyl (C=O) groups is 1. The van der Waals surface area contributed by atoms with Gasteiger partial charge >= 0.3 is 5.97 Å². The van der Waals surface area contributed by atoms with Crippen LogP contribution in [-0.4, -0.2) is 22.0 Å². The molecule has 106 valence electrons. The molecular formula is C15H17NO3S. The Morgan fingerprint density at radius 3 is 2.85 bits per heavy atom. The maximum absolute atomic E-state index is 10.9. The molecule has 1 N–H and O–H groups in total. The van der Waals surface area contributed by atoms with Gasteiger partial charge in [0.15, 0.2) is 0 Å². The second-order valence-corrected chi connectivity index (χ2v) is 6.20. The predicted molar refractivity (Wildman–Crippen MR) is 77.0 cm³/mol. The number of aromatic carboxylic acids is 1. The fourth-order valence-corrected chi connectivity index (χ4v) is 3.14. The van der Waals surface area contributed by atoms with Crippen molar-refractivity contribution in [2.24, 2.45) is 0 Å². The second kappa shape index (κ2) is 5.42. The molecule has 1 aliphatic carbocycles. The van der Waals surface area contributed by atoms with Crippen LogP contribution in [-0.2, 0) is 6.54 Å². The highest BCUT2D eigenvalue weighted by Crippen LogP contribution is 2.36.